The number of benzene rings is 1. The second-order valence-electron chi connectivity index (χ2n) is 4.68. The maximum absolute atomic E-state index is 6.20. The molecule has 0 saturated carbocycles. The minimum Gasteiger partial charge on any atom is -0.232 e. The second kappa shape index (κ2) is 6.37. The average molecular weight is 407 g/mol. The molecule has 2 nitrogen and oxygen atoms in total. The third-order valence-electron chi connectivity index (χ3n) is 2.60. The van der Waals surface area contributed by atoms with Gasteiger partial charge in [-0.2, -0.15) is 0 Å². The van der Waals surface area contributed by atoms with E-state index in [0.717, 1.165) is 21.2 Å². The standard InChI is InChI=1S/C14H13Cl2IN2/c1-8(2)7-11-12(17)13(16)19-14(18-11)9-5-3-4-6-10(9)15/h3-6,8H,7H2,1-2H3. The van der Waals surface area contributed by atoms with Crippen LogP contribution in [0.3, 0.4) is 0 Å². The van der Waals surface area contributed by atoms with E-state index in [1.165, 1.54) is 0 Å². The molecule has 2 rings (SSSR count). The number of aromatic nitrogens is 2. The van der Waals surface area contributed by atoms with Crippen molar-refractivity contribution in [1.82, 2.24) is 9.97 Å². The van der Waals surface area contributed by atoms with Crippen LogP contribution in [0.4, 0.5) is 0 Å². The van der Waals surface area contributed by atoms with Crippen molar-refractivity contribution in [3.63, 3.8) is 0 Å². The van der Waals surface area contributed by atoms with Crippen LogP contribution in [0, 0.1) is 9.49 Å². The molecule has 0 aliphatic heterocycles. The van der Waals surface area contributed by atoms with Gasteiger partial charge in [0.05, 0.1) is 14.3 Å². The first-order chi connectivity index (χ1) is 8.99. The van der Waals surface area contributed by atoms with Crippen molar-refractivity contribution in [2.45, 2.75) is 20.3 Å². The summed E-state index contributed by atoms with van der Waals surface area (Å²) in [7, 11) is 0. The molecule has 0 bridgehead atoms. The van der Waals surface area contributed by atoms with Crippen molar-refractivity contribution in [2.24, 2.45) is 5.92 Å². The first kappa shape index (κ1) is 15.0. The van der Waals surface area contributed by atoms with Gasteiger partial charge in [-0.1, -0.05) is 49.2 Å². The van der Waals surface area contributed by atoms with E-state index in [2.05, 4.69) is 46.4 Å². The number of halogens is 3. The largest absolute Gasteiger partial charge is 0.232 e. The molecule has 19 heavy (non-hydrogen) atoms. The van der Waals surface area contributed by atoms with Gasteiger partial charge in [0.1, 0.15) is 5.15 Å². The van der Waals surface area contributed by atoms with Gasteiger partial charge in [-0.05, 0) is 47.1 Å². The summed E-state index contributed by atoms with van der Waals surface area (Å²) in [6, 6.07) is 7.53. The quantitative estimate of drug-likeness (QED) is 0.513. The van der Waals surface area contributed by atoms with Crippen LogP contribution in [0.5, 0.6) is 0 Å². The highest BCUT2D eigenvalue weighted by molar-refractivity contribution is 14.1. The number of nitrogens with zero attached hydrogens (tertiary/aromatic N) is 2. The van der Waals surface area contributed by atoms with Gasteiger partial charge in [-0.3, -0.25) is 0 Å². The normalized spacial score (nSPS) is 11.1. The van der Waals surface area contributed by atoms with E-state index in [0.29, 0.717) is 21.9 Å². The predicted molar refractivity (Wildman–Crippen MR) is 88.7 cm³/mol. The fraction of sp³-hybridized carbons (Fsp3) is 0.286. The summed E-state index contributed by atoms with van der Waals surface area (Å²) < 4.78 is 0.920. The molecule has 1 heterocycles. The number of hydrogen-bond acceptors (Lipinski definition) is 2. The van der Waals surface area contributed by atoms with Crippen molar-refractivity contribution in [2.75, 3.05) is 0 Å². The Kier molecular flexibility index (Phi) is 5.03. The van der Waals surface area contributed by atoms with E-state index in [1.54, 1.807) is 0 Å². The number of rotatable bonds is 3. The van der Waals surface area contributed by atoms with Gasteiger partial charge in [-0.15, -0.1) is 0 Å². The smallest absolute Gasteiger partial charge is 0.162 e. The van der Waals surface area contributed by atoms with Crippen LogP contribution in [-0.2, 0) is 6.42 Å². The predicted octanol–water partition coefficient (Wildman–Crippen LogP) is 5.25. The van der Waals surface area contributed by atoms with E-state index in [9.17, 15) is 0 Å². The van der Waals surface area contributed by atoms with Gasteiger partial charge in [0.2, 0.25) is 0 Å². The molecule has 0 aliphatic carbocycles. The zero-order valence-corrected chi connectivity index (χ0v) is 14.3. The third kappa shape index (κ3) is 3.58. The van der Waals surface area contributed by atoms with Crippen LogP contribution in [-0.4, -0.2) is 9.97 Å². The Bertz CT molecular complexity index is 600. The molecular weight excluding hydrogens is 394 g/mol. The monoisotopic (exact) mass is 406 g/mol. The average Bonchev–Trinajstić information content (AvgIpc) is 2.35. The van der Waals surface area contributed by atoms with E-state index < -0.39 is 0 Å². The molecule has 5 heteroatoms. The molecule has 100 valence electrons. The van der Waals surface area contributed by atoms with Gasteiger partial charge in [0.15, 0.2) is 5.82 Å². The van der Waals surface area contributed by atoms with Crippen LogP contribution < -0.4 is 0 Å². The highest BCUT2D eigenvalue weighted by Crippen LogP contribution is 2.29. The van der Waals surface area contributed by atoms with Gasteiger partial charge in [-0.25, -0.2) is 9.97 Å². The molecule has 0 amide bonds. The summed E-state index contributed by atoms with van der Waals surface area (Å²) in [5.41, 5.74) is 1.79. The lowest BCUT2D eigenvalue weighted by molar-refractivity contribution is 0.632. The molecular formula is C14H13Cl2IN2. The Balaban J connectivity index is 2.54. The molecule has 0 atom stereocenters. The van der Waals surface area contributed by atoms with E-state index in [4.69, 9.17) is 23.2 Å². The second-order valence-corrected chi connectivity index (χ2v) is 6.52. The lowest BCUT2D eigenvalue weighted by Gasteiger charge is -2.11. The Hall–Kier alpha value is -0.390. The zero-order chi connectivity index (χ0) is 14.0. The van der Waals surface area contributed by atoms with Crippen molar-refractivity contribution in [3.8, 4) is 11.4 Å². The minimum absolute atomic E-state index is 0.487. The highest BCUT2D eigenvalue weighted by atomic mass is 127. The summed E-state index contributed by atoms with van der Waals surface area (Å²) in [6.07, 6.45) is 0.873. The molecule has 0 spiro atoms. The van der Waals surface area contributed by atoms with Crippen LogP contribution in [0.15, 0.2) is 24.3 Å². The summed E-state index contributed by atoms with van der Waals surface area (Å²) in [5, 5.41) is 1.12. The van der Waals surface area contributed by atoms with Crippen molar-refractivity contribution < 1.29 is 0 Å². The number of hydrogen-bond donors (Lipinski definition) is 0. The van der Waals surface area contributed by atoms with Crippen molar-refractivity contribution >= 4 is 45.8 Å². The maximum Gasteiger partial charge on any atom is 0.162 e. The van der Waals surface area contributed by atoms with E-state index >= 15 is 0 Å². The SMILES string of the molecule is CC(C)Cc1nc(-c2ccccc2Cl)nc(Cl)c1I. The molecule has 2 aromatic rings. The topological polar surface area (TPSA) is 25.8 Å². The molecule has 0 saturated heterocycles. The van der Waals surface area contributed by atoms with Crippen LogP contribution >= 0.6 is 45.8 Å². The fourth-order valence-electron chi connectivity index (χ4n) is 1.75. The molecule has 0 radical (unpaired) electrons. The van der Waals surface area contributed by atoms with Gasteiger partial charge in [0, 0.05) is 5.56 Å². The Morgan fingerprint density at radius 1 is 1.16 bits per heavy atom. The Labute approximate surface area is 136 Å². The zero-order valence-electron chi connectivity index (χ0n) is 10.6. The van der Waals surface area contributed by atoms with E-state index in [-0.39, 0.29) is 0 Å². The molecule has 1 aromatic carbocycles. The maximum atomic E-state index is 6.20. The summed E-state index contributed by atoms with van der Waals surface area (Å²) in [5.74, 6) is 1.10. The van der Waals surface area contributed by atoms with Crippen molar-refractivity contribution in [1.29, 1.82) is 0 Å². The molecule has 0 aliphatic rings. The van der Waals surface area contributed by atoms with Crippen LogP contribution in [0.2, 0.25) is 10.2 Å². The first-order valence-electron chi connectivity index (χ1n) is 5.96. The van der Waals surface area contributed by atoms with Gasteiger partial charge >= 0.3 is 0 Å². The van der Waals surface area contributed by atoms with Crippen molar-refractivity contribution in [3.05, 3.63) is 43.7 Å². The molecule has 1 aromatic heterocycles. The lowest BCUT2D eigenvalue weighted by atomic mass is 10.1. The summed E-state index contributed by atoms with van der Waals surface area (Å²) >= 11 is 14.6. The van der Waals surface area contributed by atoms with Gasteiger partial charge in [0.25, 0.3) is 0 Å². The van der Waals surface area contributed by atoms with Gasteiger partial charge < -0.3 is 0 Å². The van der Waals surface area contributed by atoms with Crippen LogP contribution in [0.25, 0.3) is 11.4 Å². The molecule has 0 N–H and O–H groups in total. The third-order valence-corrected chi connectivity index (χ3v) is 4.65. The first-order valence-corrected chi connectivity index (χ1v) is 7.79. The summed E-state index contributed by atoms with van der Waals surface area (Å²) in [4.78, 5) is 8.95. The highest BCUT2D eigenvalue weighted by Gasteiger charge is 2.14. The fourth-order valence-corrected chi connectivity index (χ4v) is 2.62. The molecule has 0 unspecified atom stereocenters. The Morgan fingerprint density at radius 3 is 2.47 bits per heavy atom. The molecule has 0 fully saturated rings. The lowest BCUT2D eigenvalue weighted by Crippen LogP contribution is -2.04. The minimum atomic E-state index is 0.487. The Morgan fingerprint density at radius 2 is 1.84 bits per heavy atom. The van der Waals surface area contributed by atoms with E-state index in [1.807, 2.05) is 24.3 Å². The van der Waals surface area contributed by atoms with Crippen LogP contribution in [0.1, 0.15) is 19.5 Å². The summed E-state index contributed by atoms with van der Waals surface area (Å²) in [6.45, 7) is 4.31.